The average Bonchev–Trinajstić information content (AvgIpc) is 2.93. The summed E-state index contributed by atoms with van der Waals surface area (Å²) in [6.45, 7) is 10.3. The van der Waals surface area contributed by atoms with Gasteiger partial charge >= 0.3 is 6.09 Å². The predicted molar refractivity (Wildman–Crippen MR) is 151 cm³/mol. The second-order valence-electron chi connectivity index (χ2n) is 12.0. The number of carbonyl (C=O) groups is 3. The zero-order chi connectivity index (χ0) is 28.4. The second kappa shape index (κ2) is 11.6. The van der Waals surface area contributed by atoms with Gasteiger partial charge in [-0.2, -0.15) is 0 Å². The van der Waals surface area contributed by atoms with E-state index in [0.717, 1.165) is 25.1 Å². The first kappa shape index (κ1) is 28.1. The van der Waals surface area contributed by atoms with E-state index in [-0.39, 0.29) is 17.9 Å². The van der Waals surface area contributed by atoms with E-state index in [1.165, 1.54) is 11.1 Å². The predicted octanol–water partition coefficient (Wildman–Crippen LogP) is 2.80. The fraction of sp³-hybridized carbons (Fsp3) is 0.516. The number of rotatable bonds is 5. The molecular weight excluding hydrogens is 508 g/mol. The first-order valence-corrected chi connectivity index (χ1v) is 14.2. The molecule has 2 aromatic carbocycles. The van der Waals surface area contributed by atoms with E-state index in [1.807, 2.05) is 32.9 Å². The van der Waals surface area contributed by atoms with Crippen LogP contribution in [0.3, 0.4) is 0 Å². The number of aliphatic hydroxyl groups is 1. The van der Waals surface area contributed by atoms with Gasteiger partial charge in [-0.3, -0.25) is 14.5 Å². The molecule has 0 aromatic heterocycles. The highest BCUT2D eigenvalue weighted by Gasteiger charge is 2.31. The van der Waals surface area contributed by atoms with E-state index < -0.39 is 11.7 Å². The van der Waals surface area contributed by atoms with Gasteiger partial charge in [-0.1, -0.05) is 24.3 Å². The Morgan fingerprint density at radius 3 is 2.27 bits per heavy atom. The quantitative estimate of drug-likeness (QED) is 0.618. The van der Waals surface area contributed by atoms with Gasteiger partial charge < -0.3 is 24.5 Å². The number of piperazine rings is 1. The first-order valence-electron chi connectivity index (χ1n) is 14.2. The van der Waals surface area contributed by atoms with E-state index in [1.54, 1.807) is 26.8 Å². The van der Waals surface area contributed by atoms with Crippen LogP contribution in [0.4, 0.5) is 4.79 Å². The molecule has 40 heavy (non-hydrogen) atoms. The number of β-amino-alcohol motifs (C(OH)–C–C–N with tert-alkyl or cyclic N) is 1. The van der Waals surface area contributed by atoms with Gasteiger partial charge in [0.25, 0.3) is 11.8 Å². The number of ether oxygens (including phenoxy) is 1. The Kier molecular flexibility index (Phi) is 8.14. The molecule has 3 aliphatic rings. The number of hydrogen-bond donors (Lipinski definition) is 1. The minimum Gasteiger partial charge on any atom is -0.444 e. The van der Waals surface area contributed by atoms with Crippen molar-refractivity contribution in [2.45, 2.75) is 51.9 Å². The third kappa shape index (κ3) is 6.47. The van der Waals surface area contributed by atoms with Gasteiger partial charge in [-0.15, -0.1) is 0 Å². The Morgan fingerprint density at radius 1 is 0.875 bits per heavy atom. The molecule has 5 rings (SSSR count). The van der Waals surface area contributed by atoms with E-state index in [2.05, 4.69) is 23.1 Å². The number of nitrogens with zero attached hydrogens (tertiary/aromatic N) is 4. The number of benzene rings is 2. The molecule has 0 radical (unpaired) electrons. The standard InChI is InChI=1S/C31H40N4O5/c1-31(2,3)40-30(39)34-16-14-33(15-17-34)28(37)24-8-9-27-23(18-24)11-13-35(29(27)38)21-26(36)20-32-12-10-22-6-4-5-7-25(22)19-32/h4-9,18,26,36H,10-17,19-21H2,1-3H3. The van der Waals surface area contributed by atoms with Crippen molar-refractivity contribution in [3.63, 3.8) is 0 Å². The van der Waals surface area contributed by atoms with E-state index in [0.29, 0.717) is 63.4 Å². The lowest BCUT2D eigenvalue weighted by molar-refractivity contribution is 0.0141. The van der Waals surface area contributed by atoms with Crippen molar-refractivity contribution >= 4 is 17.9 Å². The van der Waals surface area contributed by atoms with Crippen LogP contribution in [0.25, 0.3) is 0 Å². The Bertz CT molecular complexity index is 1260. The zero-order valence-electron chi connectivity index (χ0n) is 23.8. The Balaban J connectivity index is 1.14. The molecule has 1 fully saturated rings. The second-order valence-corrected chi connectivity index (χ2v) is 12.0. The van der Waals surface area contributed by atoms with Gasteiger partial charge in [0.1, 0.15) is 5.60 Å². The number of carbonyl (C=O) groups excluding carboxylic acids is 3. The fourth-order valence-corrected chi connectivity index (χ4v) is 5.77. The van der Waals surface area contributed by atoms with Crippen molar-refractivity contribution in [2.24, 2.45) is 0 Å². The minimum atomic E-state index is -0.629. The molecule has 0 aliphatic carbocycles. The maximum absolute atomic E-state index is 13.2. The van der Waals surface area contributed by atoms with Crippen LogP contribution in [-0.2, 0) is 24.1 Å². The molecule has 1 atom stereocenters. The Labute approximate surface area is 236 Å². The van der Waals surface area contributed by atoms with Crippen LogP contribution in [0.2, 0.25) is 0 Å². The van der Waals surface area contributed by atoms with E-state index >= 15 is 0 Å². The molecular formula is C31H40N4O5. The Hall–Kier alpha value is -3.43. The third-order valence-corrected chi connectivity index (χ3v) is 7.85. The smallest absolute Gasteiger partial charge is 0.410 e. The molecule has 0 bridgehead atoms. The maximum atomic E-state index is 13.2. The average molecular weight is 549 g/mol. The van der Waals surface area contributed by atoms with Gasteiger partial charge in [-0.25, -0.2) is 4.79 Å². The topological polar surface area (TPSA) is 93.6 Å². The van der Waals surface area contributed by atoms with Gasteiger partial charge in [-0.05, 0) is 68.5 Å². The highest BCUT2D eigenvalue weighted by Crippen LogP contribution is 2.23. The molecule has 3 amide bonds. The summed E-state index contributed by atoms with van der Waals surface area (Å²) >= 11 is 0. The van der Waals surface area contributed by atoms with Crippen molar-refractivity contribution in [1.29, 1.82) is 0 Å². The van der Waals surface area contributed by atoms with Crippen LogP contribution in [0.15, 0.2) is 42.5 Å². The summed E-state index contributed by atoms with van der Waals surface area (Å²) in [5.41, 5.74) is 4.13. The van der Waals surface area contributed by atoms with E-state index in [9.17, 15) is 19.5 Å². The third-order valence-electron chi connectivity index (χ3n) is 7.85. The molecule has 9 nitrogen and oxygen atoms in total. The van der Waals surface area contributed by atoms with Crippen molar-refractivity contribution < 1.29 is 24.2 Å². The minimum absolute atomic E-state index is 0.0972. The number of hydrogen-bond acceptors (Lipinski definition) is 6. The van der Waals surface area contributed by atoms with Crippen LogP contribution in [0, 0.1) is 0 Å². The fourth-order valence-electron chi connectivity index (χ4n) is 5.77. The van der Waals surface area contributed by atoms with Gasteiger partial charge in [0.05, 0.1) is 6.10 Å². The first-order chi connectivity index (χ1) is 19.1. The molecule has 3 aliphatic heterocycles. The number of fused-ring (bicyclic) bond motifs is 2. The molecule has 1 unspecified atom stereocenters. The van der Waals surface area contributed by atoms with Crippen molar-refractivity contribution in [2.75, 3.05) is 52.4 Å². The largest absolute Gasteiger partial charge is 0.444 e. The lowest BCUT2D eigenvalue weighted by Gasteiger charge is -2.36. The SMILES string of the molecule is CC(C)(C)OC(=O)N1CCN(C(=O)c2ccc3c(c2)CCN(CC(O)CN2CCc4ccccc4C2)C3=O)CC1. The molecule has 9 heteroatoms. The lowest BCUT2D eigenvalue weighted by Crippen LogP contribution is -2.51. The summed E-state index contributed by atoms with van der Waals surface area (Å²) in [6.07, 6.45) is 0.622. The lowest BCUT2D eigenvalue weighted by atomic mass is 9.95. The Morgan fingerprint density at radius 2 is 1.55 bits per heavy atom. The van der Waals surface area contributed by atoms with Gasteiger partial charge in [0.2, 0.25) is 0 Å². The molecule has 214 valence electrons. The summed E-state index contributed by atoms with van der Waals surface area (Å²) in [5.74, 6) is -0.200. The van der Waals surface area contributed by atoms with Gasteiger partial charge in [0.15, 0.2) is 0 Å². The zero-order valence-corrected chi connectivity index (χ0v) is 23.8. The van der Waals surface area contributed by atoms with E-state index in [4.69, 9.17) is 4.74 Å². The summed E-state index contributed by atoms with van der Waals surface area (Å²) < 4.78 is 5.44. The van der Waals surface area contributed by atoms with Crippen LogP contribution in [0.1, 0.15) is 58.2 Å². The van der Waals surface area contributed by atoms with Crippen LogP contribution >= 0.6 is 0 Å². The molecule has 2 aromatic rings. The van der Waals surface area contributed by atoms with Crippen molar-refractivity contribution in [3.8, 4) is 0 Å². The molecule has 3 heterocycles. The summed E-state index contributed by atoms with van der Waals surface area (Å²) in [6, 6.07) is 13.7. The summed E-state index contributed by atoms with van der Waals surface area (Å²) in [7, 11) is 0. The molecule has 0 saturated carbocycles. The summed E-state index contributed by atoms with van der Waals surface area (Å²) in [4.78, 5) is 46.1. The number of aliphatic hydroxyl groups excluding tert-OH is 1. The van der Waals surface area contributed by atoms with Crippen LogP contribution in [0.5, 0.6) is 0 Å². The molecule has 1 N–H and O–H groups in total. The monoisotopic (exact) mass is 548 g/mol. The normalized spacial score (nSPS) is 18.7. The van der Waals surface area contributed by atoms with Crippen LogP contribution < -0.4 is 0 Å². The van der Waals surface area contributed by atoms with Gasteiger partial charge in [0, 0.05) is 70.0 Å². The van der Waals surface area contributed by atoms with Crippen molar-refractivity contribution in [3.05, 3.63) is 70.3 Å². The van der Waals surface area contributed by atoms with Crippen LogP contribution in [-0.4, -0.2) is 107 Å². The maximum Gasteiger partial charge on any atom is 0.410 e. The number of amides is 3. The highest BCUT2D eigenvalue weighted by atomic mass is 16.6. The van der Waals surface area contributed by atoms with Crippen molar-refractivity contribution in [1.82, 2.24) is 19.6 Å². The molecule has 0 spiro atoms. The highest BCUT2D eigenvalue weighted by molar-refractivity contribution is 6.00. The molecule has 1 saturated heterocycles. The summed E-state index contributed by atoms with van der Waals surface area (Å²) in [5, 5.41) is 10.8.